The van der Waals surface area contributed by atoms with Crippen molar-refractivity contribution in [2.45, 2.75) is 26.7 Å². The molecule has 0 fully saturated rings. The van der Waals surface area contributed by atoms with E-state index in [0.29, 0.717) is 0 Å². The Balaban J connectivity index is 0. The summed E-state index contributed by atoms with van der Waals surface area (Å²) in [6, 6.07) is 0. The third-order valence-electron chi connectivity index (χ3n) is 0.500. The van der Waals surface area contributed by atoms with Gasteiger partial charge in [0.1, 0.15) is 0 Å². The molecule has 0 rings (SSSR count). The molecule has 0 N–H and O–H groups in total. The second kappa shape index (κ2) is 18.2. The van der Waals surface area contributed by atoms with Gasteiger partial charge in [-0.2, -0.15) is 0 Å². The lowest BCUT2D eigenvalue weighted by Crippen LogP contribution is -1.47. The van der Waals surface area contributed by atoms with E-state index in [1.54, 1.807) is 0 Å². The Morgan fingerprint density at radius 2 is 1.57 bits per heavy atom. The van der Waals surface area contributed by atoms with Gasteiger partial charge in [-0.3, -0.25) is 0 Å². The molecule has 7 heavy (non-hydrogen) atoms. The van der Waals surface area contributed by atoms with Gasteiger partial charge < -0.3 is 10.1 Å². The van der Waals surface area contributed by atoms with Gasteiger partial charge in [-0.25, -0.2) is 0 Å². The van der Waals surface area contributed by atoms with Crippen molar-refractivity contribution in [2.75, 3.05) is 0 Å². The number of unbranched alkanes of at least 4 members (excludes halogenated alkanes) is 1. The highest BCUT2D eigenvalue weighted by molar-refractivity contribution is 4.21. The average Bonchev–Trinajstić information content (AvgIpc) is 1.69. The fourth-order valence-electron chi connectivity index (χ4n) is 0. The van der Waals surface area contributed by atoms with E-state index in [-0.39, 0.29) is 0 Å². The topological polar surface area (TPSA) is 52.5 Å². The van der Waals surface area contributed by atoms with Crippen LogP contribution in [0.2, 0.25) is 0 Å². The first-order valence-electron chi connectivity index (χ1n) is 2.28. The van der Waals surface area contributed by atoms with E-state index >= 15 is 0 Å². The Bertz CT molecular complexity index is 28.9. The van der Waals surface area contributed by atoms with Crippen LogP contribution in [0.4, 0.5) is 0 Å². The number of nitrogens with zero attached hydrogens (tertiary/aromatic N) is 1. The van der Waals surface area contributed by atoms with E-state index in [9.17, 15) is 0 Å². The fraction of sp³-hybridized carbons (Fsp3) is 1.00. The SMILES string of the molecule is CCCC.O=N[O-]. The number of hydrogen-bond acceptors (Lipinski definition) is 3. The molecular formula is C4H10NO2-. The highest BCUT2D eigenvalue weighted by atomic mass is 16.6. The van der Waals surface area contributed by atoms with Crippen LogP contribution in [0.1, 0.15) is 26.7 Å². The number of rotatable bonds is 1. The average molecular weight is 104 g/mol. The van der Waals surface area contributed by atoms with Gasteiger partial charge in [-0.15, -0.1) is 5.34 Å². The standard InChI is InChI=1S/C4H10.HNO2/c1-3-4-2;2-1-3/h3-4H2,1-2H3;(H,2,3)/p-1. The molecule has 0 aliphatic heterocycles. The molecule has 3 heteroatoms. The van der Waals surface area contributed by atoms with Gasteiger partial charge in [0.15, 0.2) is 0 Å². The van der Waals surface area contributed by atoms with Crippen LogP contribution in [0.25, 0.3) is 0 Å². The minimum Gasteiger partial charge on any atom is -0.444 e. The molecule has 0 heterocycles. The summed E-state index contributed by atoms with van der Waals surface area (Å²) in [7, 11) is 0. The molecule has 3 nitrogen and oxygen atoms in total. The van der Waals surface area contributed by atoms with Crippen LogP contribution in [0.3, 0.4) is 0 Å². The van der Waals surface area contributed by atoms with E-state index in [0.717, 1.165) is 5.34 Å². The lowest BCUT2D eigenvalue weighted by molar-refractivity contribution is 0.886. The third kappa shape index (κ3) is 390. The Morgan fingerprint density at radius 1 is 1.43 bits per heavy atom. The molecule has 0 aliphatic carbocycles. The molecule has 44 valence electrons. The van der Waals surface area contributed by atoms with Crippen molar-refractivity contribution in [3.8, 4) is 0 Å². The van der Waals surface area contributed by atoms with Crippen molar-refractivity contribution in [3.63, 3.8) is 0 Å². The lowest BCUT2D eigenvalue weighted by Gasteiger charge is -1.68. The van der Waals surface area contributed by atoms with Gasteiger partial charge in [0.25, 0.3) is 0 Å². The summed E-state index contributed by atoms with van der Waals surface area (Å²) < 4.78 is 0. The maximum Gasteiger partial charge on any atom is -0.0564 e. The molecule has 0 aromatic carbocycles. The Morgan fingerprint density at radius 3 is 1.57 bits per heavy atom. The van der Waals surface area contributed by atoms with Crippen LogP contribution in [-0.4, -0.2) is 0 Å². The normalized spacial score (nSPS) is 6.00. The summed E-state index contributed by atoms with van der Waals surface area (Å²) in [5, 5.41) is 9.00. The van der Waals surface area contributed by atoms with Crippen molar-refractivity contribution in [1.29, 1.82) is 0 Å². The predicted octanol–water partition coefficient (Wildman–Crippen LogP) is 2.06. The Labute approximate surface area is 43.3 Å². The zero-order valence-corrected chi connectivity index (χ0v) is 4.68. The highest BCUT2D eigenvalue weighted by Gasteiger charge is 1.56. The van der Waals surface area contributed by atoms with Crippen molar-refractivity contribution in [1.82, 2.24) is 0 Å². The summed E-state index contributed by atoms with van der Waals surface area (Å²) in [6.45, 7) is 4.36. The van der Waals surface area contributed by atoms with Crippen molar-refractivity contribution < 1.29 is 0 Å². The summed E-state index contributed by atoms with van der Waals surface area (Å²) in [4.78, 5) is 8.00. The molecular weight excluding hydrogens is 94.0 g/mol. The fourth-order valence-corrected chi connectivity index (χ4v) is 0. The van der Waals surface area contributed by atoms with Crippen LogP contribution in [0.5, 0.6) is 0 Å². The van der Waals surface area contributed by atoms with Crippen molar-refractivity contribution in [2.24, 2.45) is 5.34 Å². The Hall–Kier alpha value is -0.600. The van der Waals surface area contributed by atoms with Crippen molar-refractivity contribution in [3.05, 3.63) is 10.1 Å². The van der Waals surface area contributed by atoms with E-state index in [2.05, 4.69) is 13.8 Å². The maximum absolute atomic E-state index is 8.00. The van der Waals surface area contributed by atoms with Gasteiger partial charge >= 0.3 is 0 Å². The Kier molecular flexibility index (Phi) is 25.0. The van der Waals surface area contributed by atoms with E-state index in [4.69, 9.17) is 10.1 Å². The van der Waals surface area contributed by atoms with Crippen LogP contribution in [0.15, 0.2) is 5.34 Å². The summed E-state index contributed by atoms with van der Waals surface area (Å²) in [5.74, 6) is 0. The number of hydrogen-bond donors (Lipinski definition) is 0. The monoisotopic (exact) mass is 104 g/mol. The van der Waals surface area contributed by atoms with E-state index in [1.807, 2.05) is 0 Å². The van der Waals surface area contributed by atoms with Gasteiger partial charge in [-0.05, 0) is 0 Å². The minimum atomic E-state index is 1.00. The molecule has 0 saturated carbocycles. The first kappa shape index (κ1) is 9.64. The summed E-state index contributed by atoms with van der Waals surface area (Å²) >= 11 is 0. The molecule has 0 amide bonds. The highest BCUT2D eigenvalue weighted by Crippen LogP contribution is 1.76. The quantitative estimate of drug-likeness (QED) is 0.377. The predicted molar refractivity (Wildman–Crippen MR) is 29.7 cm³/mol. The first-order chi connectivity index (χ1) is 3.33. The van der Waals surface area contributed by atoms with Gasteiger partial charge in [0.2, 0.25) is 0 Å². The van der Waals surface area contributed by atoms with Gasteiger partial charge in [0, 0.05) is 0 Å². The van der Waals surface area contributed by atoms with Crippen LogP contribution < -0.4 is 0 Å². The third-order valence-corrected chi connectivity index (χ3v) is 0.500. The maximum atomic E-state index is 8.00. The zero-order chi connectivity index (χ0) is 6.12. The summed E-state index contributed by atoms with van der Waals surface area (Å²) in [6.07, 6.45) is 2.64. The lowest BCUT2D eigenvalue weighted by atomic mass is 10.4. The molecule has 0 aromatic heterocycles. The zero-order valence-electron chi connectivity index (χ0n) is 4.68. The molecule has 0 spiro atoms. The largest absolute Gasteiger partial charge is 0.444 e. The first-order valence-corrected chi connectivity index (χ1v) is 2.28. The molecule has 0 aromatic rings. The summed E-state index contributed by atoms with van der Waals surface area (Å²) in [5.41, 5.74) is 0. The van der Waals surface area contributed by atoms with E-state index < -0.39 is 0 Å². The second-order valence-electron chi connectivity index (χ2n) is 1.07. The van der Waals surface area contributed by atoms with Crippen LogP contribution >= 0.6 is 0 Å². The van der Waals surface area contributed by atoms with Gasteiger partial charge in [-0.1, -0.05) is 26.7 Å². The molecule has 0 radical (unpaired) electrons. The van der Waals surface area contributed by atoms with Crippen LogP contribution in [0, 0.1) is 10.1 Å². The molecule has 0 saturated heterocycles. The second-order valence-corrected chi connectivity index (χ2v) is 1.07. The minimum absolute atomic E-state index is 1.00. The van der Waals surface area contributed by atoms with Crippen LogP contribution in [-0.2, 0) is 0 Å². The molecule has 0 atom stereocenters. The van der Waals surface area contributed by atoms with Crippen molar-refractivity contribution >= 4 is 0 Å². The smallest absolute Gasteiger partial charge is 0.0564 e. The van der Waals surface area contributed by atoms with E-state index in [1.165, 1.54) is 12.8 Å². The molecule has 0 aliphatic rings. The molecule has 0 bridgehead atoms. The van der Waals surface area contributed by atoms with Gasteiger partial charge in [0.05, 0.1) is 0 Å². The molecule has 0 unspecified atom stereocenters.